The first-order valence-electron chi connectivity index (χ1n) is 8.97. The summed E-state index contributed by atoms with van der Waals surface area (Å²) >= 11 is 1.86. The van der Waals surface area contributed by atoms with Gasteiger partial charge in [0.1, 0.15) is 0 Å². The average Bonchev–Trinajstić information content (AvgIpc) is 2.67. The van der Waals surface area contributed by atoms with Gasteiger partial charge >= 0.3 is 0 Å². The summed E-state index contributed by atoms with van der Waals surface area (Å²) in [4.78, 5) is 24.2. The molecular weight excluding hydrogens is 403 g/mol. The largest absolute Gasteiger partial charge is 0.756 e. The highest BCUT2D eigenvalue weighted by molar-refractivity contribution is 7.43. The first kappa shape index (κ1) is 21.3. The second-order valence-electron chi connectivity index (χ2n) is 6.75. The minimum absolute atomic E-state index is 1.28. The number of fused-ring (bicyclic) bond motifs is 1. The monoisotopic (exact) mass is 424 g/mol. The lowest BCUT2D eigenvalue weighted by molar-refractivity contribution is -0.214. The highest BCUT2D eigenvalue weighted by Crippen LogP contribution is 2.38. The normalized spacial score (nSPS) is 11.1. The summed E-state index contributed by atoms with van der Waals surface area (Å²) in [6.45, 7) is 4.29. The molecule has 2 N–H and O–H groups in total. The van der Waals surface area contributed by atoms with Gasteiger partial charge in [0.05, 0.1) is 0 Å². The van der Waals surface area contributed by atoms with E-state index in [1.54, 1.807) is 0 Å². The molecule has 0 unspecified atom stereocenters. The quantitative estimate of drug-likeness (QED) is 0.325. The fourth-order valence-corrected chi connectivity index (χ4v) is 4.10. The fraction of sp³-hybridized carbons (Fsp3) is 0.0870. The molecule has 0 aliphatic carbocycles. The lowest BCUT2D eigenvalue weighted by atomic mass is 9.99. The molecule has 0 spiro atoms. The summed E-state index contributed by atoms with van der Waals surface area (Å²) in [5.41, 5.74) is 6.46. The smallest absolute Gasteiger partial charge is 0.262 e. The molecule has 0 aliphatic rings. The van der Waals surface area contributed by atoms with Crippen molar-refractivity contribution in [2.45, 2.75) is 13.8 Å². The zero-order valence-electron chi connectivity index (χ0n) is 16.1. The van der Waals surface area contributed by atoms with Gasteiger partial charge < -0.3 is 14.7 Å². The Bertz CT molecular complexity index is 1160. The van der Waals surface area contributed by atoms with Crippen molar-refractivity contribution in [2.24, 2.45) is 0 Å². The zero-order chi connectivity index (χ0) is 21.0. The lowest BCUT2D eigenvalue weighted by Gasteiger charge is -2.06. The van der Waals surface area contributed by atoms with E-state index in [4.69, 9.17) is 19.2 Å². The Morgan fingerprint density at radius 1 is 0.793 bits per heavy atom. The summed E-state index contributed by atoms with van der Waals surface area (Å²) in [5.74, 6) is 0. The van der Waals surface area contributed by atoms with Crippen LogP contribution in [0.3, 0.4) is 0 Å². The van der Waals surface area contributed by atoms with E-state index >= 15 is 0 Å². The third kappa shape index (κ3) is 6.04. The Morgan fingerprint density at radius 3 is 2.00 bits per heavy atom. The van der Waals surface area contributed by atoms with Crippen molar-refractivity contribution in [1.29, 1.82) is 0 Å². The second-order valence-corrected chi connectivity index (χ2v) is 8.81. The predicted octanol–water partition coefficient (Wildman–Crippen LogP) is 5.57. The van der Waals surface area contributed by atoms with Crippen LogP contribution in [0, 0.1) is 13.8 Å². The first-order chi connectivity index (χ1) is 13.7. The van der Waals surface area contributed by atoms with Crippen molar-refractivity contribution in [3.63, 3.8) is 0 Å². The van der Waals surface area contributed by atoms with E-state index in [0.717, 1.165) is 0 Å². The van der Waals surface area contributed by atoms with Crippen LogP contribution in [0.2, 0.25) is 0 Å². The lowest BCUT2D eigenvalue weighted by Crippen LogP contribution is -1.94. The van der Waals surface area contributed by atoms with Crippen LogP contribution in [0.15, 0.2) is 78.9 Å². The molecule has 1 heterocycles. The summed E-state index contributed by atoms with van der Waals surface area (Å²) < 4.78 is 10.1. The molecule has 1 aromatic heterocycles. The SMILES string of the molecule is Cc1ccc(-c2cc(-c3ccccc3)[s+]c3ccc(C)cc23)cc1.O=P([O-])(O)O. The van der Waals surface area contributed by atoms with Crippen molar-refractivity contribution in [3.05, 3.63) is 90.0 Å². The molecule has 0 bridgehead atoms. The van der Waals surface area contributed by atoms with Crippen molar-refractivity contribution in [3.8, 4) is 21.6 Å². The second kappa shape index (κ2) is 8.95. The fourth-order valence-electron chi connectivity index (χ4n) is 3.02. The molecule has 6 heteroatoms. The third-order valence-corrected chi connectivity index (χ3v) is 5.49. The Hall–Kier alpha value is -2.40. The number of rotatable bonds is 2. The molecule has 0 saturated carbocycles. The molecule has 148 valence electrons. The molecule has 4 nitrogen and oxygen atoms in total. The highest BCUT2D eigenvalue weighted by atomic mass is 32.1. The maximum absolute atomic E-state index is 8.77. The van der Waals surface area contributed by atoms with Gasteiger partial charge in [0.25, 0.3) is 7.82 Å². The minimum atomic E-state index is -4.89. The summed E-state index contributed by atoms with van der Waals surface area (Å²) in [6, 6.07) is 28.6. The summed E-state index contributed by atoms with van der Waals surface area (Å²) in [6.07, 6.45) is 0. The molecule has 0 radical (unpaired) electrons. The predicted molar refractivity (Wildman–Crippen MR) is 119 cm³/mol. The van der Waals surface area contributed by atoms with Crippen molar-refractivity contribution >= 4 is 29.2 Å². The molecule has 29 heavy (non-hydrogen) atoms. The van der Waals surface area contributed by atoms with Crippen LogP contribution in [-0.2, 0) is 4.57 Å². The van der Waals surface area contributed by atoms with E-state index in [9.17, 15) is 0 Å². The molecule has 4 aromatic rings. The Labute approximate surface area is 174 Å². The van der Waals surface area contributed by atoms with Crippen LogP contribution in [-0.4, -0.2) is 9.79 Å². The van der Waals surface area contributed by atoms with E-state index in [2.05, 4.69) is 92.7 Å². The van der Waals surface area contributed by atoms with Crippen molar-refractivity contribution in [1.82, 2.24) is 0 Å². The maximum Gasteiger partial charge on any atom is 0.262 e. The van der Waals surface area contributed by atoms with Crippen LogP contribution in [0.4, 0.5) is 0 Å². The topological polar surface area (TPSA) is 80.6 Å². The maximum atomic E-state index is 8.77. The molecule has 4 rings (SSSR count). The first-order valence-corrected chi connectivity index (χ1v) is 11.3. The molecule has 0 fully saturated rings. The molecule has 0 atom stereocenters. The molecule has 3 aromatic carbocycles. The summed E-state index contributed by atoms with van der Waals surface area (Å²) in [7, 11) is -4.89. The van der Waals surface area contributed by atoms with Gasteiger partial charge in [-0.3, -0.25) is 4.57 Å². The minimum Gasteiger partial charge on any atom is -0.756 e. The number of benzene rings is 3. The van der Waals surface area contributed by atoms with Crippen LogP contribution in [0.25, 0.3) is 31.7 Å². The Balaban J connectivity index is 0.000000431. The highest BCUT2D eigenvalue weighted by Gasteiger charge is 2.18. The molecular formula is C23H21O4PS. The molecule has 0 aliphatic heterocycles. The van der Waals surface area contributed by atoms with E-state index in [1.165, 1.54) is 42.8 Å². The van der Waals surface area contributed by atoms with Gasteiger partial charge in [-0.05, 0) is 37.6 Å². The van der Waals surface area contributed by atoms with Gasteiger partial charge in [-0.25, -0.2) is 0 Å². The van der Waals surface area contributed by atoms with Crippen LogP contribution in [0.1, 0.15) is 11.1 Å². The summed E-state index contributed by atoms with van der Waals surface area (Å²) in [5, 5.41) is 1.34. The van der Waals surface area contributed by atoms with Crippen LogP contribution in [0.5, 0.6) is 0 Å². The number of aryl methyl sites for hydroxylation is 2. The van der Waals surface area contributed by atoms with Crippen LogP contribution < -0.4 is 4.89 Å². The van der Waals surface area contributed by atoms with Crippen molar-refractivity contribution in [2.75, 3.05) is 0 Å². The Kier molecular flexibility index (Phi) is 6.58. The van der Waals surface area contributed by atoms with E-state index in [-0.39, 0.29) is 0 Å². The average molecular weight is 424 g/mol. The molecule has 0 saturated heterocycles. The number of hydrogen-bond donors (Lipinski definition) is 2. The van der Waals surface area contributed by atoms with Gasteiger partial charge in [0, 0.05) is 28.6 Å². The van der Waals surface area contributed by atoms with Crippen LogP contribution >= 0.6 is 19.2 Å². The molecule has 0 amide bonds. The van der Waals surface area contributed by atoms with E-state index in [1.807, 2.05) is 11.3 Å². The Morgan fingerprint density at radius 2 is 1.38 bits per heavy atom. The van der Waals surface area contributed by atoms with Gasteiger partial charge in [-0.15, -0.1) is 0 Å². The van der Waals surface area contributed by atoms with Crippen molar-refractivity contribution < 1.29 is 19.2 Å². The van der Waals surface area contributed by atoms with E-state index in [0.29, 0.717) is 0 Å². The third-order valence-electron chi connectivity index (χ3n) is 4.34. The van der Waals surface area contributed by atoms with Gasteiger partial charge in [-0.2, -0.15) is 0 Å². The number of hydrogen-bond acceptors (Lipinski definition) is 2. The van der Waals surface area contributed by atoms with Gasteiger partial charge in [0.15, 0.2) is 0 Å². The van der Waals surface area contributed by atoms with Gasteiger partial charge in [0.2, 0.25) is 20.9 Å². The van der Waals surface area contributed by atoms with E-state index < -0.39 is 7.82 Å². The number of phosphoric acid groups is 1. The zero-order valence-corrected chi connectivity index (χ0v) is 17.8. The van der Waals surface area contributed by atoms with Gasteiger partial charge in [-0.1, -0.05) is 59.7 Å². The standard InChI is InChI=1S/C23H19S.H3O4P/c1-16-8-11-18(12-9-16)20-15-23(19-6-4-3-5-7-19)24-22-13-10-17(2)14-21(20)22;1-5(2,3)4/h3-15H,1-2H3;(H3,1,2,3,4)/q+1;/p-1.